The molecule has 0 aliphatic heterocycles. The second-order valence-corrected chi connectivity index (χ2v) is 6.64. The summed E-state index contributed by atoms with van der Waals surface area (Å²) in [4.78, 5) is 12.2. The van der Waals surface area contributed by atoms with Crippen LogP contribution in [0.15, 0.2) is 23.8 Å². The fraction of sp³-hybridized carbons (Fsp3) is 0.526. The van der Waals surface area contributed by atoms with Crippen LogP contribution >= 0.6 is 0 Å². The van der Waals surface area contributed by atoms with Gasteiger partial charge in [0.1, 0.15) is 11.5 Å². The predicted molar refractivity (Wildman–Crippen MR) is 83.3 cm³/mol. The van der Waals surface area contributed by atoms with Crippen molar-refractivity contribution >= 4 is 11.4 Å². The highest BCUT2D eigenvalue weighted by atomic mass is 16.5. The average molecular weight is 282 g/mol. The van der Waals surface area contributed by atoms with E-state index >= 15 is 0 Å². The standard InChI is InChI=1S/C19H22O2/c1-21-13-6-8-14-12(11-13)5-7-17-15-3-2-4-19(20)18(15)10-9-16(14)17/h6,8,11,15,18H,2-5,7,9-10H2,1H3/t15-,18+/m1/s1. The van der Waals surface area contributed by atoms with Crippen molar-refractivity contribution in [2.45, 2.75) is 44.9 Å². The van der Waals surface area contributed by atoms with Gasteiger partial charge in [0, 0.05) is 12.3 Å². The zero-order chi connectivity index (χ0) is 14.4. The predicted octanol–water partition coefficient (Wildman–Crippen LogP) is 4.17. The van der Waals surface area contributed by atoms with Crippen molar-refractivity contribution in [2.24, 2.45) is 11.8 Å². The van der Waals surface area contributed by atoms with E-state index in [4.69, 9.17) is 4.74 Å². The number of Topliss-reactive ketones (excluding diaryl/α,β-unsaturated/α-hetero) is 1. The lowest BCUT2D eigenvalue weighted by Crippen LogP contribution is -2.34. The molecule has 2 heteroatoms. The van der Waals surface area contributed by atoms with Crippen LogP contribution in [0, 0.1) is 11.8 Å². The molecule has 0 heterocycles. The minimum Gasteiger partial charge on any atom is -0.497 e. The topological polar surface area (TPSA) is 26.3 Å². The van der Waals surface area contributed by atoms with Crippen LogP contribution in [0.1, 0.15) is 49.7 Å². The van der Waals surface area contributed by atoms with Gasteiger partial charge < -0.3 is 4.74 Å². The van der Waals surface area contributed by atoms with Gasteiger partial charge in [0.2, 0.25) is 0 Å². The maximum Gasteiger partial charge on any atom is 0.136 e. The number of hydrogen-bond donors (Lipinski definition) is 0. The van der Waals surface area contributed by atoms with Crippen LogP contribution in [0.2, 0.25) is 0 Å². The summed E-state index contributed by atoms with van der Waals surface area (Å²) >= 11 is 0. The minimum absolute atomic E-state index is 0.331. The Bertz CT molecular complexity index is 626. The Kier molecular flexibility index (Phi) is 3.13. The van der Waals surface area contributed by atoms with Crippen LogP contribution in [0.4, 0.5) is 0 Å². The number of rotatable bonds is 1. The third-order valence-corrected chi connectivity index (χ3v) is 5.68. The normalized spacial score (nSPS) is 27.8. The molecule has 2 nitrogen and oxygen atoms in total. The average Bonchev–Trinajstić information content (AvgIpc) is 2.54. The van der Waals surface area contributed by atoms with Gasteiger partial charge in [-0.15, -0.1) is 0 Å². The van der Waals surface area contributed by atoms with Gasteiger partial charge >= 0.3 is 0 Å². The second kappa shape index (κ2) is 5.01. The Morgan fingerprint density at radius 2 is 1.95 bits per heavy atom. The molecule has 21 heavy (non-hydrogen) atoms. The van der Waals surface area contributed by atoms with Crippen molar-refractivity contribution in [3.05, 3.63) is 34.9 Å². The Morgan fingerprint density at radius 3 is 2.81 bits per heavy atom. The molecule has 1 aromatic carbocycles. The Balaban J connectivity index is 1.76. The van der Waals surface area contributed by atoms with Gasteiger partial charge in [-0.25, -0.2) is 0 Å². The number of benzene rings is 1. The molecular formula is C19H22O2. The number of allylic oxidation sites excluding steroid dienone is 2. The fourth-order valence-corrected chi connectivity index (χ4v) is 4.68. The summed E-state index contributed by atoms with van der Waals surface area (Å²) in [5, 5.41) is 0. The highest BCUT2D eigenvalue weighted by Gasteiger charge is 2.39. The van der Waals surface area contributed by atoms with Gasteiger partial charge in [-0.05, 0) is 73.3 Å². The first kappa shape index (κ1) is 13.1. The number of ether oxygens (including phenoxy) is 1. The summed E-state index contributed by atoms with van der Waals surface area (Å²) in [6.45, 7) is 0. The Hall–Kier alpha value is -1.57. The molecule has 0 aromatic heterocycles. The molecule has 1 saturated carbocycles. The molecule has 4 rings (SSSR count). The van der Waals surface area contributed by atoms with Gasteiger partial charge in [-0.1, -0.05) is 11.6 Å². The van der Waals surface area contributed by atoms with Gasteiger partial charge in [0.15, 0.2) is 0 Å². The van der Waals surface area contributed by atoms with Crippen LogP contribution in [-0.4, -0.2) is 12.9 Å². The van der Waals surface area contributed by atoms with E-state index in [0.29, 0.717) is 17.6 Å². The first-order valence-corrected chi connectivity index (χ1v) is 8.20. The molecule has 2 atom stereocenters. The van der Waals surface area contributed by atoms with Gasteiger partial charge in [-0.3, -0.25) is 4.79 Å². The number of carbonyl (C=O) groups excluding carboxylic acids is 1. The number of methoxy groups -OCH3 is 1. The second-order valence-electron chi connectivity index (χ2n) is 6.64. The largest absolute Gasteiger partial charge is 0.497 e. The molecule has 0 amide bonds. The highest BCUT2D eigenvalue weighted by Crippen LogP contribution is 2.49. The van der Waals surface area contributed by atoms with Crippen molar-refractivity contribution in [3.8, 4) is 5.75 Å². The maximum atomic E-state index is 12.2. The lowest BCUT2D eigenvalue weighted by molar-refractivity contribution is -0.126. The van der Waals surface area contributed by atoms with Crippen LogP contribution in [0.5, 0.6) is 5.75 Å². The maximum absolute atomic E-state index is 12.2. The molecule has 0 bridgehead atoms. The van der Waals surface area contributed by atoms with Crippen molar-refractivity contribution in [1.82, 2.24) is 0 Å². The zero-order valence-corrected chi connectivity index (χ0v) is 12.7. The summed E-state index contributed by atoms with van der Waals surface area (Å²) in [7, 11) is 1.73. The molecule has 0 N–H and O–H groups in total. The number of carbonyl (C=O) groups is 1. The van der Waals surface area contributed by atoms with Crippen molar-refractivity contribution in [3.63, 3.8) is 0 Å². The quantitative estimate of drug-likeness (QED) is 0.772. The SMILES string of the molecule is COc1ccc2c(c1)CCC1=C2CC[C@@H]2C(=O)CCC[C@H]12. The van der Waals surface area contributed by atoms with Crippen LogP contribution in [0.3, 0.4) is 0 Å². The van der Waals surface area contributed by atoms with E-state index < -0.39 is 0 Å². The number of fused-ring (bicyclic) bond motifs is 4. The fourth-order valence-electron chi connectivity index (χ4n) is 4.68. The number of aryl methyl sites for hydroxylation is 1. The van der Waals surface area contributed by atoms with Crippen molar-refractivity contribution < 1.29 is 9.53 Å². The van der Waals surface area contributed by atoms with Crippen molar-refractivity contribution in [2.75, 3.05) is 7.11 Å². The first-order valence-electron chi connectivity index (χ1n) is 8.20. The lowest BCUT2D eigenvalue weighted by atomic mass is 9.63. The minimum atomic E-state index is 0.331. The van der Waals surface area contributed by atoms with Gasteiger partial charge in [0.05, 0.1) is 7.11 Å². The van der Waals surface area contributed by atoms with E-state index in [1.807, 2.05) is 0 Å². The van der Waals surface area contributed by atoms with Crippen LogP contribution in [0.25, 0.3) is 5.57 Å². The monoisotopic (exact) mass is 282 g/mol. The summed E-state index contributed by atoms with van der Waals surface area (Å²) in [6, 6.07) is 6.50. The third kappa shape index (κ3) is 2.04. The van der Waals surface area contributed by atoms with Crippen LogP contribution in [-0.2, 0) is 11.2 Å². The number of ketones is 1. The van der Waals surface area contributed by atoms with Crippen molar-refractivity contribution in [1.29, 1.82) is 0 Å². The van der Waals surface area contributed by atoms with E-state index in [1.165, 1.54) is 17.5 Å². The van der Waals surface area contributed by atoms with Gasteiger partial charge in [-0.2, -0.15) is 0 Å². The molecule has 0 spiro atoms. The first-order chi connectivity index (χ1) is 10.3. The zero-order valence-electron chi connectivity index (χ0n) is 12.7. The Labute approximate surface area is 126 Å². The summed E-state index contributed by atoms with van der Waals surface area (Å²) in [5.41, 5.74) is 6.01. The molecule has 0 saturated heterocycles. The molecule has 3 aliphatic rings. The molecule has 110 valence electrons. The number of hydrogen-bond acceptors (Lipinski definition) is 2. The molecular weight excluding hydrogens is 260 g/mol. The summed E-state index contributed by atoms with van der Waals surface area (Å²) in [5.74, 6) is 2.36. The van der Waals surface area contributed by atoms with Gasteiger partial charge in [0.25, 0.3) is 0 Å². The molecule has 1 aromatic rings. The molecule has 0 radical (unpaired) electrons. The molecule has 1 fully saturated rings. The summed E-state index contributed by atoms with van der Waals surface area (Å²) in [6.07, 6.45) is 7.52. The summed E-state index contributed by atoms with van der Waals surface area (Å²) < 4.78 is 5.36. The van der Waals surface area contributed by atoms with E-state index in [-0.39, 0.29) is 0 Å². The Morgan fingerprint density at radius 1 is 1.05 bits per heavy atom. The smallest absolute Gasteiger partial charge is 0.136 e. The highest BCUT2D eigenvalue weighted by molar-refractivity contribution is 5.85. The third-order valence-electron chi connectivity index (χ3n) is 5.68. The lowest BCUT2D eigenvalue weighted by Gasteiger charge is -2.40. The molecule has 3 aliphatic carbocycles. The van der Waals surface area contributed by atoms with Crippen LogP contribution < -0.4 is 4.74 Å². The van der Waals surface area contributed by atoms with E-state index in [0.717, 1.165) is 44.3 Å². The van der Waals surface area contributed by atoms with E-state index in [9.17, 15) is 4.79 Å². The van der Waals surface area contributed by atoms with E-state index in [2.05, 4.69) is 18.2 Å². The molecule has 0 unspecified atom stereocenters. The van der Waals surface area contributed by atoms with E-state index in [1.54, 1.807) is 18.3 Å².